The van der Waals surface area contributed by atoms with Crippen LogP contribution in [0.1, 0.15) is 49.0 Å². The summed E-state index contributed by atoms with van der Waals surface area (Å²) in [4.78, 5) is 19.5. The van der Waals surface area contributed by atoms with E-state index in [2.05, 4.69) is 40.3 Å². The van der Waals surface area contributed by atoms with Gasteiger partial charge in [-0.2, -0.15) is 0 Å². The predicted octanol–water partition coefficient (Wildman–Crippen LogP) is 3.89. The van der Waals surface area contributed by atoms with E-state index in [1.165, 1.54) is 42.7 Å². The molecule has 26 heteroatoms. The van der Waals surface area contributed by atoms with Crippen LogP contribution in [-0.2, 0) is 53.9 Å². The Hall–Kier alpha value is -6.64. The lowest BCUT2D eigenvalue weighted by Gasteiger charge is -2.32. The lowest BCUT2D eigenvalue weighted by molar-refractivity contribution is 0.176. The van der Waals surface area contributed by atoms with E-state index >= 15 is 0 Å². The fourth-order valence-electron chi connectivity index (χ4n) is 8.32. The van der Waals surface area contributed by atoms with E-state index < -0.39 is 41.8 Å². The maximum Gasteiger partial charge on any atom is 0.225 e. The van der Waals surface area contributed by atoms with Gasteiger partial charge in [0.2, 0.25) is 11.9 Å². The van der Waals surface area contributed by atoms with E-state index in [0.717, 1.165) is 24.8 Å². The summed E-state index contributed by atoms with van der Waals surface area (Å²) in [5.74, 6) is 1.93. The number of halogens is 2. The summed E-state index contributed by atoms with van der Waals surface area (Å²) in [7, 11) is 1.75. The van der Waals surface area contributed by atoms with Gasteiger partial charge in [-0.1, -0.05) is 12.1 Å². The Labute approximate surface area is 403 Å². The van der Waals surface area contributed by atoms with Crippen molar-refractivity contribution in [1.82, 2.24) is 49.5 Å². The summed E-state index contributed by atoms with van der Waals surface area (Å²) in [6, 6.07) is 10.5. The molecule has 8 rings (SSSR count). The second-order valence-corrected chi connectivity index (χ2v) is 20.6. The molecule has 2 aromatic carbocycles. The average Bonchev–Trinajstić information content (AvgIpc) is 3.95. The number of sulfone groups is 2. The molecule has 0 radical (unpaired) electrons. The first kappa shape index (κ1) is 51.2. The number of hydrogen-bond acceptors (Lipinski definition) is 20. The van der Waals surface area contributed by atoms with Gasteiger partial charge in [0.05, 0.1) is 63.7 Å². The van der Waals surface area contributed by atoms with Gasteiger partial charge in [-0.3, -0.25) is 9.13 Å². The number of methoxy groups -OCH3 is 6. The van der Waals surface area contributed by atoms with Crippen LogP contribution in [0.25, 0.3) is 11.4 Å². The highest BCUT2D eigenvalue weighted by atomic mass is 32.2. The summed E-state index contributed by atoms with van der Waals surface area (Å²) >= 11 is 0. The zero-order valence-electron chi connectivity index (χ0n) is 39.4. The number of piperidine rings is 2. The van der Waals surface area contributed by atoms with Gasteiger partial charge in [0.1, 0.15) is 59.1 Å². The van der Waals surface area contributed by atoms with Crippen molar-refractivity contribution in [3.05, 3.63) is 96.1 Å². The maximum absolute atomic E-state index is 13.5. The molecule has 4 aromatic heterocycles. The molecular formula is C44H54F2N12O10S2. The van der Waals surface area contributed by atoms with Crippen LogP contribution in [0, 0.1) is 11.6 Å². The largest absolute Gasteiger partial charge is 0.494 e. The van der Waals surface area contributed by atoms with E-state index in [0.29, 0.717) is 96.7 Å². The molecule has 2 atom stereocenters. The Bertz CT molecular complexity index is 2690. The third kappa shape index (κ3) is 11.5. The lowest BCUT2D eigenvalue weighted by Crippen LogP contribution is -2.43. The second kappa shape index (κ2) is 22.9. The number of ether oxygens (including phenoxy) is 6. The zero-order chi connectivity index (χ0) is 50.0. The molecule has 22 nitrogen and oxygen atoms in total. The van der Waals surface area contributed by atoms with Crippen LogP contribution in [-0.4, -0.2) is 146 Å². The Balaban J connectivity index is 0.000000206. The molecule has 0 bridgehead atoms. The fraction of sp³-hybridized carbons (Fsp3) is 0.455. The normalized spacial score (nSPS) is 16.3. The summed E-state index contributed by atoms with van der Waals surface area (Å²) in [6.07, 6.45) is 6.51. The van der Waals surface area contributed by atoms with Crippen molar-refractivity contribution >= 4 is 31.6 Å². The predicted molar refractivity (Wildman–Crippen MR) is 250 cm³/mol. The van der Waals surface area contributed by atoms with Crippen LogP contribution in [0.2, 0.25) is 0 Å². The number of aromatic nitrogens is 10. The summed E-state index contributed by atoms with van der Waals surface area (Å²) in [5.41, 5.74) is 0.981. The van der Waals surface area contributed by atoms with Crippen molar-refractivity contribution in [1.29, 1.82) is 0 Å². The maximum atomic E-state index is 13.5. The second-order valence-electron chi connectivity index (χ2n) is 16.1. The van der Waals surface area contributed by atoms with Crippen molar-refractivity contribution in [3.8, 4) is 34.4 Å². The number of benzene rings is 2. The van der Waals surface area contributed by atoms with E-state index in [9.17, 15) is 25.6 Å². The molecule has 0 unspecified atom stereocenters. The topological polar surface area (TPSA) is 243 Å². The summed E-state index contributed by atoms with van der Waals surface area (Å²) in [6.45, 7) is 1.78. The van der Waals surface area contributed by atoms with Crippen molar-refractivity contribution in [2.24, 2.45) is 0 Å². The SMILES string of the molecule is COCc1nnc(CS(=O)(=O)[C@@H]2CCCN(c3ncc(F)cn3)C2)n1-c1c(OC)cccc1OC.COCc1nnc(CS(=O)(=O)[C@H]2CCCN(c3ncc(F)cn3)C2)n1-c1c(OC)cccc1OC. The Morgan fingerprint density at radius 3 is 1.17 bits per heavy atom. The zero-order valence-corrected chi connectivity index (χ0v) is 41.1. The van der Waals surface area contributed by atoms with Gasteiger partial charge in [-0.15, -0.1) is 20.4 Å². The van der Waals surface area contributed by atoms with Gasteiger partial charge in [0.15, 0.2) is 54.6 Å². The molecule has 376 valence electrons. The van der Waals surface area contributed by atoms with Gasteiger partial charge < -0.3 is 38.2 Å². The third-order valence-corrected chi connectivity index (χ3v) is 15.7. The van der Waals surface area contributed by atoms with Crippen LogP contribution in [0.3, 0.4) is 0 Å². The van der Waals surface area contributed by atoms with Crippen molar-refractivity contribution in [3.63, 3.8) is 0 Å². The standard InChI is InChI=1S/2C22H27FN6O5S/c2*1-32-13-19-26-27-20(29(19)21-17(33-2)7-4-8-18(21)34-3)14-35(30,31)16-6-5-9-28(12-16)22-24-10-15(23)11-25-22/h2*4,7-8,10-11,16H,5-6,9,12-14H2,1-3H3/t2*16-/m10/s1. The first-order chi connectivity index (χ1) is 33.7. The fourth-order valence-corrected chi connectivity index (χ4v) is 11.7. The highest BCUT2D eigenvalue weighted by molar-refractivity contribution is 7.91. The molecule has 0 amide bonds. The van der Waals surface area contributed by atoms with Crippen LogP contribution in [0.5, 0.6) is 23.0 Å². The number of hydrogen-bond donors (Lipinski definition) is 0. The molecule has 0 saturated carbocycles. The molecule has 70 heavy (non-hydrogen) atoms. The van der Waals surface area contributed by atoms with E-state index in [-0.39, 0.29) is 49.5 Å². The molecule has 2 saturated heterocycles. The van der Waals surface area contributed by atoms with Gasteiger partial charge in [-0.25, -0.2) is 45.6 Å². The van der Waals surface area contributed by atoms with E-state index in [1.54, 1.807) is 55.3 Å². The highest BCUT2D eigenvalue weighted by Gasteiger charge is 2.36. The first-order valence-corrected chi connectivity index (χ1v) is 25.3. The average molecular weight is 1010 g/mol. The number of nitrogens with zero attached hydrogens (tertiary/aromatic N) is 12. The van der Waals surface area contributed by atoms with Crippen LogP contribution >= 0.6 is 0 Å². The smallest absolute Gasteiger partial charge is 0.225 e. The molecule has 0 N–H and O–H groups in total. The summed E-state index contributed by atoms with van der Waals surface area (Å²) < 4.78 is 116. The highest BCUT2D eigenvalue weighted by Crippen LogP contribution is 2.37. The molecule has 0 aliphatic carbocycles. The van der Waals surface area contributed by atoms with Crippen LogP contribution < -0.4 is 28.7 Å². The van der Waals surface area contributed by atoms with Gasteiger partial charge in [-0.05, 0) is 49.9 Å². The molecular weight excluding hydrogens is 959 g/mol. The first-order valence-electron chi connectivity index (χ1n) is 21.9. The van der Waals surface area contributed by atoms with Gasteiger partial charge >= 0.3 is 0 Å². The molecule has 6 heterocycles. The Morgan fingerprint density at radius 2 is 0.857 bits per heavy atom. The van der Waals surface area contributed by atoms with E-state index in [4.69, 9.17) is 28.4 Å². The molecule has 2 aliphatic rings. The number of para-hydroxylation sites is 2. The van der Waals surface area contributed by atoms with Gasteiger partial charge in [0, 0.05) is 40.4 Å². The quantitative estimate of drug-likeness (QED) is 0.119. The van der Waals surface area contributed by atoms with Crippen molar-refractivity contribution < 1.29 is 54.0 Å². The number of rotatable bonds is 18. The van der Waals surface area contributed by atoms with E-state index in [1.807, 2.05) is 0 Å². The van der Waals surface area contributed by atoms with Gasteiger partial charge in [0.25, 0.3) is 0 Å². The minimum atomic E-state index is -3.67. The molecule has 6 aromatic rings. The monoisotopic (exact) mass is 1010 g/mol. The molecule has 2 aliphatic heterocycles. The van der Waals surface area contributed by atoms with Crippen LogP contribution in [0.15, 0.2) is 61.2 Å². The Kier molecular flexibility index (Phi) is 16.7. The van der Waals surface area contributed by atoms with Crippen molar-refractivity contribution in [2.45, 2.75) is 60.9 Å². The third-order valence-electron chi connectivity index (χ3n) is 11.6. The number of anilines is 2. The van der Waals surface area contributed by atoms with Crippen molar-refractivity contribution in [2.75, 3.05) is 78.6 Å². The summed E-state index contributed by atoms with van der Waals surface area (Å²) in [5, 5.41) is 15.4. The lowest BCUT2D eigenvalue weighted by atomic mass is 10.1. The molecule has 0 spiro atoms. The Morgan fingerprint density at radius 1 is 0.529 bits per heavy atom. The van der Waals surface area contributed by atoms with Crippen LogP contribution in [0.4, 0.5) is 20.7 Å². The minimum absolute atomic E-state index is 0.105. The molecule has 2 fully saturated rings. The minimum Gasteiger partial charge on any atom is -0.494 e.